The molecule has 2 aromatic carbocycles. The highest BCUT2D eigenvalue weighted by atomic mass is 35.5. The SMILES string of the molecule is C=C/C=C(/CN1CCOc2cc(-c3ccc(F)c4sc(N)c(N)c34)c(F)c3nc(OCC(C)(CC)CCC)nc1c23)C(N)=NC.CCl. The Labute approximate surface area is 283 Å². The van der Waals surface area contributed by atoms with E-state index in [1.54, 1.807) is 25.3 Å². The van der Waals surface area contributed by atoms with Crippen LogP contribution in [-0.2, 0) is 0 Å². The summed E-state index contributed by atoms with van der Waals surface area (Å²) < 4.78 is 44.4. The first kappa shape index (κ1) is 35.7. The van der Waals surface area contributed by atoms with Gasteiger partial charge in [-0.25, -0.2) is 8.78 Å². The Hall–Kier alpha value is -4.16. The maximum atomic E-state index is 16.9. The normalized spacial score (nSPS) is 14.7. The van der Waals surface area contributed by atoms with Gasteiger partial charge in [-0.3, -0.25) is 4.99 Å². The van der Waals surface area contributed by atoms with Gasteiger partial charge in [-0.05, 0) is 30.5 Å². The van der Waals surface area contributed by atoms with E-state index in [4.69, 9.17) is 31.7 Å². The molecule has 0 fully saturated rings. The van der Waals surface area contributed by atoms with Crippen molar-refractivity contribution in [2.75, 3.05) is 56.1 Å². The van der Waals surface area contributed by atoms with Gasteiger partial charge in [0.05, 0.1) is 28.9 Å². The Kier molecular flexibility index (Phi) is 11.5. The Morgan fingerprint density at radius 2 is 1.96 bits per heavy atom. The van der Waals surface area contributed by atoms with Crippen LogP contribution in [0, 0.1) is 17.0 Å². The fourth-order valence-corrected chi connectivity index (χ4v) is 6.60. The number of nitrogens with zero attached hydrogens (tertiary/aromatic N) is 4. The van der Waals surface area contributed by atoms with Gasteiger partial charge in [-0.1, -0.05) is 52.0 Å². The predicted molar refractivity (Wildman–Crippen MR) is 193 cm³/mol. The third-order valence-corrected chi connectivity index (χ3v) is 9.45. The molecule has 13 heteroatoms. The van der Waals surface area contributed by atoms with E-state index in [9.17, 15) is 4.39 Å². The third-order valence-electron chi connectivity index (χ3n) is 8.41. The zero-order valence-corrected chi connectivity index (χ0v) is 29.0. The molecule has 4 aromatic rings. The second kappa shape index (κ2) is 15.2. The van der Waals surface area contributed by atoms with Crippen LogP contribution in [0.25, 0.3) is 32.1 Å². The summed E-state index contributed by atoms with van der Waals surface area (Å²) in [5.41, 5.74) is 19.9. The predicted octanol–water partition coefficient (Wildman–Crippen LogP) is 7.70. The van der Waals surface area contributed by atoms with Crippen molar-refractivity contribution in [1.29, 1.82) is 0 Å². The second-order valence-electron chi connectivity index (χ2n) is 11.5. The van der Waals surface area contributed by atoms with E-state index >= 15 is 4.39 Å². The van der Waals surface area contributed by atoms with Crippen LogP contribution in [0.2, 0.25) is 0 Å². The van der Waals surface area contributed by atoms with Crippen LogP contribution < -0.4 is 31.6 Å². The number of anilines is 3. The summed E-state index contributed by atoms with van der Waals surface area (Å²) in [7, 11) is 1.61. The van der Waals surface area contributed by atoms with Gasteiger partial charge < -0.3 is 31.6 Å². The molecule has 0 radical (unpaired) electrons. The largest absolute Gasteiger partial charge is 0.491 e. The lowest BCUT2D eigenvalue weighted by Gasteiger charge is -2.28. The molecule has 0 bridgehead atoms. The number of fused-ring (bicyclic) bond motifs is 1. The highest BCUT2D eigenvalue weighted by Gasteiger charge is 2.30. The summed E-state index contributed by atoms with van der Waals surface area (Å²) in [6, 6.07) is 4.41. The summed E-state index contributed by atoms with van der Waals surface area (Å²) in [6.45, 7) is 11.5. The minimum Gasteiger partial charge on any atom is -0.491 e. The van der Waals surface area contributed by atoms with Crippen LogP contribution in [0.4, 0.5) is 25.3 Å². The zero-order valence-electron chi connectivity index (χ0n) is 27.4. The van der Waals surface area contributed by atoms with Crippen LogP contribution in [0.1, 0.15) is 40.0 Å². The van der Waals surface area contributed by atoms with E-state index in [0.717, 1.165) is 30.6 Å². The Morgan fingerprint density at radius 1 is 1.21 bits per heavy atom. The summed E-state index contributed by atoms with van der Waals surface area (Å²) in [5.74, 6) is 0.0189. The lowest BCUT2D eigenvalue weighted by atomic mass is 9.84. The molecule has 1 atom stereocenters. The van der Waals surface area contributed by atoms with Crippen molar-refractivity contribution in [3.63, 3.8) is 0 Å². The average Bonchev–Trinajstić information content (AvgIpc) is 3.27. The number of halogens is 3. The number of allylic oxidation sites excluding steroid dienone is 2. The van der Waals surface area contributed by atoms with Crippen LogP contribution in [0.5, 0.6) is 11.8 Å². The molecule has 47 heavy (non-hydrogen) atoms. The minimum absolute atomic E-state index is 0.00808. The lowest BCUT2D eigenvalue weighted by Crippen LogP contribution is -2.33. The average molecular weight is 686 g/mol. The standard InChI is InChI=1S/C33H39F2N7O2S.CH3Cl/c1-6-9-18(29(37)39-5)16-42-13-14-43-22-15-20(19-10-11-21(34)28-23(19)26(36)30(38)45-28)25(35)27-24(22)31(42)41-32(40-27)44-17-33(4,8-3)12-7-2;1-2/h6,9-11,15H,1,7-8,12-14,16-17,36,38H2,2-5H3,(H2,37,39);1H3/b18-9-;. The molecular weight excluding hydrogens is 644 g/mol. The van der Waals surface area contributed by atoms with E-state index in [0.29, 0.717) is 59.0 Å². The molecule has 2 aromatic heterocycles. The van der Waals surface area contributed by atoms with E-state index in [2.05, 4.69) is 48.9 Å². The summed E-state index contributed by atoms with van der Waals surface area (Å²) in [5, 5.41) is 0.983. The molecule has 0 saturated carbocycles. The monoisotopic (exact) mass is 685 g/mol. The molecule has 3 heterocycles. The molecule has 0 spiro atoms. The lowest BCUT2D eigenvalue weighted by molar-refractivity contribution is 0.136. The highest BCUT2D eigenvalue weighted by Crippen LogP contribution is 2.47. The number of hydrogen-bond donors (Lipinski definition) is 3. The van der Waals surface area contributed by atoms with Gasteiger partial charge in [0.2, 0.25) is 0 Å². The van der Waals surface area contributed by atoms with E-state index < -0.39 is 11.6 Å². The molecule has 0 aliphatic carbocycles. The quantitative estimate of drug-likeness (QED) is 0.0632. The van der Waals surface area contributed by atoms with Gasteiger partial charge >= 0.3 is 6.01 Å². The Balaban J connectivity index is 0.00000245. The topological polar surface area (TPSA) is 138 Å². The molecular formula is C34H42ClF2N7O2S. The Morgan fingerprint density at radius 3 is 2.62 bits per heavy atom. The minimum atomic E-state index is -0.645. The van der Waals surface area contributed by atoms with Crippen LogP contribution in [0.3, 0.4) is 0 Å². The first-order valence-electron chi connectivity index (χ1n) is 15.3. The van der Waals surface area contributed by atoms with Crippen molar-refractivity contribution >= 4 is 66.3 Å². The summed E-state index contributed by atoms with van der Waals surface area (Å²) >= 11 is 5.66. The number of rotatable bonds is 11. The number of benzene rings is 2. The van der Waals surface area contributed by atoms with Gasteiger partial charge in [0.15, 0.2) is 5.82 Å². The van der Waals surface area contributed by atoms with Gasteiger partial charge in [-0.15, -0.1) is 22.9 Å². The third kappa shape index (κ3) is 7.08. The molecule has 1 aliphatic heterocycles. The van der Waals surface area contributed by atoms with Crippen molar-refractivity contribution < 1.29 is 18.3 Å². The molecule has 6 N–H and O–H groups in total. The van der Waals surface area contributed by atoms with E-state index in [-0.39, 0.29) is 44.5 Å². The van der Waals surface area contributed by atoms with Gasteiger partial charge in [0.25, 0.3) is 0 Å². The molecule has 0 amide bonds. The number of amidine groups is 1. The van der Waals surface area contributed by atoms with Crippen molar-refractivity contribution in [3.8, 4) is 22.9 Å². The number of aliphatic imine (C=N–C) groups is 1. The second-order valence-corrected chi connectivity index (χ2v) is 12.5. The summed E-state index contributed by atoms with van der Waals surface area (Å²) in [6.07, 6.45) is 7.72. The van der Waals surface area contributed by atoms with Crippen molar-refractivity contribution in [1.82, 2.24) is 9.97 Å². The molecule has 0 saturated heterocycles. The fraction of sp³-hybridized carbons (Fsp3) is 0.382. The first-order chi connectivity index (χ1) is 22.5. The number of nitrogens with two attached hydrogens (primary N) is 3. The molecule has 252 valence electrons. The first-order valence-corrected chi connectivity index (χ1v) is 16.9. The molecule has 1 aliphatic rings. The van der Waals surface area contributed by atoms with Crippen molar-refractivity contribution in [2.24, 2.45) is 16.1 Å². The number of nitrogen functional groups attached to an aromatic ring is 2. The number of aromatic nitrogens is 2. The molecule has 5 rings (SSSR count). The maximum absolute atomic E-state index is 16.9. The maximum Gasteiger partial charge on any atom is 0.319 e. The van der Waals surface area contributed by atoms with Gasteiger partial charge in [-0.2, -0.15) is 9.97 Å². The number of hydrogen-bond acceptors (Lipinski definition) is 9. The van der Waals surface area contributed by atoms with Crippen LogP contribution >= 0.6 is 22.9 Å². The molecule has 1 unspecified atom stereocenters. The summed E-state index contributed by atoms with van der Waals surface area (Å²) in [4.78, 5) is 15.5. The zero-order chi connectivity index (χ0) is 34.5. The number of ether oxygens (including phenoxy) is 2. The molecule has 9 nitrogen and oxygen atoms in total. The van der Waals surface area contributed by atoms with Crippen molar-refractivity contribution in [3.05, 3.63) is 54.1 Å². The van der Waals surface area contributed by atoms with Crippen LogP contribution in [0.15, 0.2) is 47.5 Å². The number of thiophene rings is 1. The number of alkyl halides is 1. The highest BCUT2D eigenvalue weighted by molar-refractivity contribution is 7.23. The van der Waals surface area contributed by atoms with E-state index in [1.165, 1.54) is 18.5 Å². The smallest absolute Gasteiger partial charge is 0.319 e. The van der Waals surface area contributed by atoms with Crippen LogP contribution in [-0.4, -0.2) is 55.5 Å². The van der Waals surface area contributed by atoms with Gasteiger partial charge in [0, 0.05) is 41.9 Å². The fourth-order valence-electron chi connectivity index (χ4n) is 5.68. The van der Waals surface area contributed by atoms with Crippen molar-refractivity contribution in [2.45, 2.75) is 40.0 Å². The van der Waals surface area contributed by atoms with E-state index in [1.807, 2.05) is 4.90 Å². The Bertz CT molecular complexity index is 1850. The van der Waals surface area contributed by atoms with Gasteiger partial charge in [0.1, 0.15) is 40.3 Å².